The largest absolute Gasteiger partial charge is 0.462 e. The number of carbonyl (C=O) groups excluding carboxylic acids is 3. The van der Waals surface area contributed by atoms with E-state index >= 15 is 0 Å². The molecule has 156 valence electrons. The SMILES string of the molecule is CC(=O)N[C@H](C(=O)O[C@@H]1CCC(C)(C)[C@@H]2CC=C3C(=O)OC[C@@H]3[C@@]12C)C(C)C. The number of hydrogen-bond acceptors (Lipinski definition) is 5. The number of allylic oxidation sites excluding steroid dienone is 1. The van der Waals surface area contributed by atoms with Crippen LogP contribution in [0.15, 0.2) is 11.6 Å². The van der Waals surface area contributed by atoms with E-state index in [2.05, 4.69) is 26.1 Å². The first-order valence-electron chi connectivity index (χ1n) is 10.3. The van der Waals surface area contributed by atoms with Gasteiger partial charge in [-0.3, -0.25) is 4.79 Å². The summed E-state index contributed by atoms with van der Waals surface area (Å²) in [5, 5.41) is 2.72. The zero-order valence-electron chi connectivity index (χ0n) is 17.8. The number of carbonyl (C=O) groups is 3. The van der Waals surface area contributed by atoms with Gasteiger partial charge in [0, 0.05) is 23.8 Å². The lowest BCUT2D eigenvalue weighted by Crippen LogP contribution is -2.58. The van der Waals surface area contributed by atoms with Crippen LogP contribution >= 0.6 is 0 Å². The lowest BCUT2D eigenvalue weighted by molar-refractivity contribution is -0.183. The monoisotopic (exact) mass is 391 g/mol. The van der Waals surface area contributed by atoms with E-state index in [0.29, 0.717) is 6.61 Å². The molecule has 28 heavy (non-hydrogen) atoms. The van der Waals surface area contributed by atoms with Crippen molar-refractivity contribution in [2.24, 2.45) is 28.6 Å². The van der Waals surface area contributed by atoms with Crippen LogP contribution in [0.2, 0.25) is 0 Å². The molecule has 0 spiro atoms. The molecule has 3 aliphatic rings. The third kappa shape index (κ3) is 3.35. The van der Waals surface area contributed by atoms with Gasteiger partial charge in [0.05, 0.1) is 6.61 Å². The Hall–Kier alpha value is -1.85. The fraction of sp³-hybridized carbons (Fsp3) is 0.773. The zero-order valence-corrected chi connectivity index (χ0v) is 17.8. The third-order valence-corrected chi connectivity index (χ3v) is 7.29. The maximum atomic E-state index is 13.0. The lowest BCUT2D eigenvalue weighted by atomic mass is 9.48. The molecule has 3 rings (SSSR count). The topological polar surface area (TPSA) is 81.7 Å². The van der Waals surface area contributed by atoms with Crippen molar-refractivity contribution in [1.29, 1.82) is 0 Å². The molecule has 6 nitrogen and oxygen atoms in total. The summed E-state index contributed by atoms with van der Waals surface area (Å²) in [7, 11) is 0. The molecule has 0 unspecified atom stereocenters. The van der Waals surface area contributed by atoms with Crippen molar-refractivity contribution in [3.05, 3.63) is 11.6 Å². The molecule has 1 amide bonds. The summed E-state index contributed by atoms with van der Waals surface area (Å²) in [6.45, 7) is 12.2. The molecule has 1 aliphatic heterocycles. The summed E-state index contributed by atoms with van der Waals surface area (Å²) in [4.78, 5) is 36.7. The van der Waals surface area contributed by atoms with Crippen molar-refractivity contribution < 1.29 is 23.9 Å². The smallest absolute Gasteiger partial charge is 0.334 e. The van der Waals surface area contributed by atoms with Gasteiger partial charge in [0.1, 0.15) is 12.1 Å². The first kappa shape index (κ1) is 20.9. The molecule has 2 aliphatic carbocycles. The molecule has 5 atom stereocenters. The Kier molecular flexibility index (Phi) is 5.36. The second-order valence-corrected chi connectivity index (χ2v) is 9.84. The van der Waals surface area contributed by atoms with Crippen LogP contribution in [0.5, 0.6) is 0 Å². The van der Waals surface area contributed by atoms with Crippen molar-refractivity contribution in [3.63, 3.8) is 0 Å². The highest BCUT2D eigenvalue weighted by atomic mass is 16.6. The number of cyclic esters (lactones) is 1. The van der Waals surface area contributed by atoms with E-state index in [1.807, 2.05) is 19.9 Å². The molecular formula is C22H33NO5. The summed E-state index contributed by atoms with van der Waals surface area (Å²) in [5.74, 6) is -0.726. The van der Waals surface area contributed by atoms with E-state index in [4.69, 9.17) is 9.47 Å². The number of hydrogen-bond donors (Lipinski definition) is 1. The van der Waals surface area contributed by atoms with E-state index in [-0.39, 0.29) is 46.6 Å². The fourth-order valence-corrected chi connectivity index (χ4v) is 5.67. The molecule has 1 heterocycles. The average molecular weight is 392 g/mol. The second-order valence-electron chi connectivity index (χ2n) is 9.84. The van der Waals surface area contributed by atoms with Gasteiger partial charge >= 0.3 is 11.9 Å². The summed E-state index contributed by atoms with van der Waals surface area (Å²) < 4.78 is 11.4. The zero-order chi connectivity index (χ0) is 20.9. The minimum atomic E-state index is -0.672. The number of esters is 2. The highest BCUT2D eigenvalue weighted by Gasteiger charge is 2.61. The van der Waals surface area contributed by atoms with Crippen LogP contribution in [0, 0.1) is 28.6 Å². The highest BCUT2D eigenvalue weighted by Crippen LogP contribution is 2.61. The number of nitrogens with one attached hydrogen (secondary N) is 1. The predicted molar refractivity (Wildman–Crippen MR) is 104 cm³/mol. The second kappa shape index (κ2) is 7.20. The van der Waals surface area contributed by atoms with Crippen LogP contribution in [-0.2, 0) is 23.9 Å². The van der Waals surface area contributed by atoms with Crippen molar-refractivity contribution in [3.8, 4) is 0 Å². The Morgan fingerprint density at radius 2 is 1.96 bits per heavy atom. The minimum Gasteiger partial charge on any atom is -0.462 e. The van der Waals surface area contributed by atoms with Crippen molar-refractivity contribution in [2.75, 3.05) is 6.61 Å². The van der Waals surface area contributed by atoms with Gasteiger partial charge in [0.2, 0.25) is 5.91 Å². The van der Waals surface area contributed by atoms with Gasteiger partial charge in [-0.15, -0.1) is 0 Å². The molecule has 0 aromatic carbocycles. The summed E-state index contributed by atoms with van der Waals surface area (Å²) in [6, 6.07) is -0.672. The Balaban J connectivity index is 1.91. The van der Waals surface area contributed by atoms with E-state index in [9.17, 15) is 14.4 Å². The minimum absolute atomic E-state index is 0.0607. The summed E-state index contributed by atoms with van der Waals surface area (Å²) in [6.07, 6.45) is 4.21. The third-order valence-electron chi connectivity index (χ3n) is 7.29. The van der Waals surface area contributed by atoms with Gasteiger partial charge in [-0.2, -0.15) is 0 Å². The number of fused-ring (bicyclic) bond motifs is 3. The molecule has 1 saturated heterocycles. The van der Waals surface area contributed by atoms with Gasteiger partial charge < -0.3 is 14.8 Å². The highest BCUT2D eigenvalue weighted by molar-refractivity contribution is 5.91. The molecule has 0 bridgehead atoms. The molecule has 2 fully saturated rings. The van der Waals surface area contributed by atoms with Crippen LogP contribution in [0.25, 0.3) is 0 Å². The molecule has 1 saturated carbocycles. The van der Waals surface area contributed by atoms with E-state index in [1.54, 1.807) is 0 Å². The number of ether oxygens (including phenoxy) is 2. The maximum Gasteiger partial charge on any atom is 0.334 e. The average Bonchev–Trinajstić information content (AvgIpc) is 2.97. The van der Waals surface area contributed by atoms with E-state index in [1.165, 1.54) is 6.92 Å². The predicted octanol–water partition coefficient (Wildman–Crippen LogP) is 3.00. The molecular weight excluding hydrogens is 358 g/mol. The Morgan fingerprint density at radius 3 is 2.57 bits per heavy atom. The van der Waals surface area contributed by atoms with Crippen molar-refractivity contribution >= 4 is 17.8 Å². The van der Waals surface area contributed by atoms with Crippen molar-refractivity contribution in [2.45, 2.75) is 73.0 Å². The quantitative estimate of drug-likeness (QED) is 0.745. The Bertz CT molecular complexity index is 710. The van der Waals surface area contributed by atoms with Crippen LogP contribution in [0.3, 0.4) is 0 Å². The molecule has 0 aromatic rings. The number of rotatable bonds is 4. The number of amides is 1. The Morgan fingerprint density at radius 1 is 1.29 bits per heavy atom. The maximum absolute atomic E-state index is 13.0. The van der Waals surface area contributed by atoms with Crippen LogP contribution in [0.4, 0.5) is 0 Å². The standard InChI is InChI=1S/C22H33NO5/c1-12(2)18(23-13(3)24)20(26)28-17-9-10-21(4,5)16-8-7-14-15(22(16,17)6)11-27-19(14)25/h7,12,15-18H,8-11H2,1-6H3,(H,23,24)/t15-,16-,17+,18-,22+/m0/s1. The first-order chi connectivity index (χ1) is 13.0. The van der Waals surface area contributed by atoms with Gasteiger partial charge in [0.15, 0.2) is 0 Å². The van der Waals surface area contributed by atoms with Gasteiger partial charge in [-0.1, -0.05) is 40.7 Å². The molecule has 0 radical (unpaired) electrons. The summed E-state index contributed by atoms with van der Waals surface area (Å²) >= 11 is 0. The molecule has 1 N–H and O–H groups in total. The van der Waals surface area contributed by atoms with Crippen LogP contribution in [-0.4, -0.2) is 36.6 Å². The Labute approximate surface area is 167 Å². The van der Waals surface area contributed by atoms with Crippen molar-refractivity contribution in [1.82, 2.24) is 5.32 Å². The lowest BCUT2D eigenvalue weighted by Gasteiger charge is -2.58. The van der Waals surface area contributed by atoms with Gasteiger partial charge in [-0.05, 0) is 36.5 Å². The van der Waals surface area contributed by atoms with E-state index in [0.717, 1.165) is 24.8 Å². The van der Waals surface area contributed by atoms with Crippen LogP contribution < -0.4 is 5.32 Å². The first-order valence-corrected chi connectivity index (χ1v) is 10.3. The summed E-state index contributed by atoms with van der Waals surface area (Å²) in [5.41, 5.74) is 0.450. The van der Waals surface area contributed by atoms with Crippen LogP contribution in [0.1, 0.15) is 60.8 Å². The molecule has 6 heteroatoms. The fourth-order valence-electron chi connectivity index (χ4n) is 5.67. The normalized spacial score (nSPS) is 34.6. The van der Waals surface area contributed by atoms with E-state index < -0.39 is 12.0 Å². The molecule has 0 aromatic heterocycles. The van der Waals surface area contributed by atoms with Gasteiger partial charge in [-0.25, -0.2) is 9.59 Å². The van der Waals surface area contributed by atoms with Gasteiger partial charge in [0.25, 0.3) is 0 Å².